The molecule has 0 saturated heterocycles. The number of hydrogen-bond acceptors (Lipinski definition) is 0. The predicted octanol–water partition coefficient (Wildman–Crippen LogP) is 14.5. The number of benzene rings is 4. The third-order valence-corrected chi connectivity index (χ3v) is 13.5. The first-order valence-electron chi connectivity index (χ1n) is 18.4. The quantitative estimate of drug-likeness (QED) is 0.155. The minimum absolute atomic E-state index is 0. The van der Waals surface area contributed by atoms with Gasteiger partial charge >= 0.3 is 123 Å². The summed E-state index contributed by atoms with van der Waals surface area (Å²) in [6.07, 6.45) is 7.13. The molecule has 5 aromatic carbocycles. The average Bonchev–Trinajstić information content (AvgIpc) is 3.75. The third kappa shape index (κ3) is 9.71. The molecule has 3 aliphatic rings. The Morgan fingerprint density at radius 1 is 0.685 bits per heavy atom. The van der Waals surface area contributed by atoms with Crippen molar-refractivity contribution < 1.29 is 22.3 Å². The van der Waals surface area contributed by atoms with Crippen molar-refractivity contribution in [3.05, 3.63) is 168 Å². The maximum absolute atomic E-state index is 5.84. The van der Waals surface area contributed by atoms with E-state index in [1.165, 1.54) is 83.5 Å². The van der Waals surface area contributed by atoms with Gasteiger partial charge in [-0.15, -0.1) is 36.4 Å². The molecule has 0 nitrogen and oxygen atoms in total. The van der Waals surface area contributed by atoms with Gasteiger partial charge in [0.15, 0.2) is 0 Å². The van der Waals surface area contributed by atoms with Crippen molar-refractivity contribution in [2.24, 2.45) is 0 Å². The Hall–Kier alpha value is -2.51. The van der Waals surface area contributed by atoms with Crippen LogP contribution in [0.1, 0.15) is 123 Å². The van der Waals surface area contributed by atoms with Crippen molar-refractivity contribution in [3.63, 3.8) is 0 Å². The van der Waals surface area contributed by atoms with Crippen molar-refractivity contribution in [2.75, 3.05) is 0 Å². The summed E-state index contributed by atoms with van der Waals surface area (Å²) < 4.78 is 4.66. The van der Waals surface area contributed by atoms with Gasteiger partial charge < -0.3 is 0 Å². The van der Waals surface area contributed by atoms with Crippen LogP contribution in [-0.4, -0.2) is 7.42 Å². The zero-order valence-corrected chi connectivity index (χ0v) is 38.8. The monoisotopic (exact) mass is 870 g/mol. The van der Waals surface area contributed by atoms with Crippen LogP contribution in [0.3, 0.4) is 0 Å². The molecule has 0 fully saturated rings. The van der Waals surface area contributed by atoms with Crippen molar-refractivity contribution in [1.29, 1.82) is 0 Å². The molecule has 0 saturated carbocycles. The molecule has 0 N–H and O–H groups in total. The molecule has 0 unspecified atom stereocenters. The van der Waals surface area contributed by atoms with E-state index in [4.69, 9.17) is 23.2 Å². The van der Waals surface area contributed by atoms with Gasteiger partial charge in [-0.1, -0.05) is 91.9 Å². The van der Waals surface area contributed by atoms with E-state index in [0.29, 0.717) is 5.92 Å². The zero-order chi connectivity index (χ0) is 37.5. The van der Waals surface area contributed by atoms with Gasteiger partial charge in [0, 0.05) is 5.41 Å². The first-order chi connectivity index (χ1) is 24.5. The number of hydrogen-bond donors (Lipinski definition) is 0. The first-order valence-corrected chi connectivity index (χ1v) is 22.0. The Morgan fingerprint density at radius 3 is 1.65 bits per heavy atom. The SMILES string of the molecule is CC1=[C-]C(C)(C)c2cc3c(cc21)-c1cc2c(cc1C3)C(C)(C)C=C2C.Cc1cc(C(C)C)c(C)[cH-]1.Cl.Cl.Clc1ccc([CH]=[Zr]=[CH]c2ccc(Cl)cc2)cc1. The van der Waals surface area contributed by atoms with Gasteiger partial charge in [-0.25, -0.2) is 11.6 Å². The molecule has 0 heterocycles. The summed E-state index contributed by atoms with van der Waals surface area (Å²) in [6.45, 7) is 22.5. The minimum atomic E-state index is -0.623. The summed E-state index contributed by atoms with van der Waals surface area (Å²) in [5, 5.41) is 1.57. The normalized spacial score (nSPS) is 14.5. The molecule has 54 heavy (non-hydrogen) atoms. The van der Waals surface area contributed by atoms with Crippen molar-refractivity contribution in [3.8, 4) is 11.1 Å². The van der Waals surface area contributed by atoms with E-state index in [1.54, 1.807) is 0 Å². The first kappa shape index (κ1) is 44.2. The van der Waals surface area contributed by atoms with E-state index >= 15 is 0 Å². The summed E-state index contributed by atoms with van der Waals surface area (Å²) in [4.78, 5) is 0. The van der Waals surface area contributed by atoms with Crippen LogP contribution in [0.4, 0.5) is 0 Å². The molecule has 8 rings (SSSR count). The van der Waals surface area contributed by atoms with Crippen LogP contribution in [0.15, 0.2) is 91.0 Å². The van der Waals surface area contributed by atoms with Crippen LogP contribution in [-0.2, 0) is 39.5 Å². The summed E-state index contributed by atoms with van der Waals surface area (Å²) in [5.41, 5.74) is 21.4. The zero-order valence-electron chi connectivity index (χ0n) is 33.2. The Labute approximate surface area is 357 Å². The molecule has 282 valence electrons. The summed E-state index contributed by atoms with van der Waals surface area (Å²) >= 11 is 11.0. The Morgan fingerprint density at radius 2 is 1.19 bits per heavy atom. The van der Waals surface area contributed by atoms with E-state index < -0.39 is 22.3 Å². The summed E-state index contributed by atoms with van der Waals surface area (Å²) in [5.74, 6) is 0.675. The third-order valence-electron chi connectivity index (χ3n) is 10.6. The van der Waals surface area contributed by atoms with Gasteiger partial charge in [-0.05, 0) is 58.4 Å². The summed E-state index contributed by atoms with van der Waals surface area (Å²) in [6, 6.07) is 30.3. The van der Waals surface area contributed by atoms with Crippen LogP contribution < -0.4 is 0 Å². The number of aryl methyl sites for hydroxylation is 2. The second kappa shape index (κ2) is 17.7. The van der Waals surface area contributed by atoms with Gasteiger partial charge in [0.05, 0.1) is 0 Å². The second-order valence-corrected chi connectivity index (χ2v) is 19.2. The van der Waals surface area contributed by atoms with E-state index in [9.17, 15) is 0 Å². The van der Waals surface area contributed by atoms with Crippen molar-refractivity contribution in [2.45, 2.75) is 92.4 Å². The molecule has 0 radical (unpaired) electrons. The molecule has 0 atom stereocenters. The number of fused-ring (bicyclic) bond motifs is 5. The van der Waals surface area contributed by atoms with Crippen LogP contribution in [0.2, 0.25) is 10.0 Å². The Bertz CT molecular complexity index is 2140. The van der Waals surface area contributed by atoms with Crippen LogP contribution >= 0.6 is 48.0 Å². The average molecular weight is 874 g/mol. The van der Waals surface area contributed by atoms with Crippen LogP contribution in [0, 0.1) is 19.9 Å². The van der Waals surface area contributed by atoms with E-state index in [1.807, 2.05) is 24.3 Å². The second-order valence-electron chi connectivity index (χ2n) is 16.1. The van der Waals surface area contributed by atoms with Crippen LogP contribution in [0.5, 0.6) is 0 Å². The van der Waals surface area contributed by atoms with Gasteiger partial charge in [-0.3, -0.25) is 6.08 Å². The van der Waals surface area contributed by atoms with Crippen molar-refractivity contribution >= 4 is 66.6 Å². The van der Waals surface area contributed by atoms with Crippen molar-refractivity contribution in [1.82, 2.24) is 0 Å². The topological polar surface area (TPSA) is 0 Å². The Kier molecular flexibility index (Phi) is 14.5. The molecule has 0 amide bonds. The molecule has 5 aromatic rings. The molecule has 0 bridgehead atoms. The van der Waals surface area contributed by atoms with Gasteiger partial charge in [0.25, 0.3) is 0 Å². The molecule has 0 aromatic heterocycles. The fourth-order valence-corrected chi connectivity index (χ4v) is 10.4. The Balaban J connectivity index is 0.000000195. The summed E-state index contributed by atoms with van der Waals surface area (Å²) in [7, 11) is 0. The molecular formula is C49H52Cl4Zr-2. The number of allylic oxidation sites excluding steroid dienone is 4. The fourth-order valence-electron chi connectivity index (χ4n) is 8.07. The molecular weight excluding hydrogens is 822 g/mol. The fraction of sp³-hybridized carbons (Fsp3) is 0.286. The number of halogens is 4. The molecule has 0 aliphatic heterocycles. The molecule has 0 spiro atoms. The molecule has 3 aliphatic carbocycles. The predicted molar refractivity (Wildman–Crippen MR) is 240 cm³/mol. The number of rotatable bonds is 3. The van der Waals surface area contributed by atoms with E-state index in [0.717, 1.165) is 16.5 Å². The van der Waals surface area contributed by atoms with Gasteiger partial charge in [0.2, 0.25) is 0 Å². The molecule has 5 heteroatoms. The van der Waals surface area contributed by atoms with Crippen LogP contribution in [0.25, 0.3) is 22.3 Å². The van der Waals surface area contributed by atoms with Gasteiger partial charge in [-0.2, -0.15) is 28.3 Å². The van der Waals surface area contributed by atoms with E-state index in [-0.39, 0.29) is 35.6 Å². The van der Waals surface area contributed by atoms with E-state index in [2.05, 4.69) is 149 Å². The van der Waals surface area contributed by atoms with Gasteiger partial charge in [0.1, 0.15) is 0 Å². The standard InChI is InChI=1S/C25H25.C10H15.2C7H5Cl.2ClH.Zr/c1-14-12-24(3,4)22-8-16-7-17-9-23-19(15(2)13-25(23,5)6)11-21(17)20(16)10-18(14)22;1-7(2)10-6-8(3)5-9(10)4;2*1-6-2-4-7(8)5-3-6;;;/h8-12H,7H2,1-6H3;5-7H,1-4H3;2*1-5H;2*1H;/q2*-1;;;;;. The maximum atomic E-state index is 5.84.